The number of hydrogen-bond acceptors (Lipinski definition) is 4. The first kappa shape index (κ1) is 15.3. The van der Waals surface area contributed by atoms with E-state index in [1.54, 1.807) is 0 Å². The molecule has 1 aromatic heterocycles. The summed E-state index contributed by atoms with van der Waals surface area (Å²) in [5.41, 5.74) is 4.99. The zero-order valence-corrected chi connectivity index (χ0v) is 13.5. The first-order valence-corrected chi connectivity index (χ1v) is 7.85. The van der Waals surface area contributed by atoms with Crippen molar-refractivity contribution in [2.75, 3.05) is 18.0 Å². The highest BCUT2D eigenvalue weighted by molar-refractivity contribution is 6.40. The molecule has 1 aliphatic rings. The Morgan fingerprint density at radius 1 is 1.23 bits per heavy atom. The van der Waals surface area contributed by atoms with Gasteiger partial charge in [0.2, 0.25) is 0 Å². The predicted molar refractivity (Wildman–Crippen MR) is 91.2 cm³/mol. The Bertz CT molecular complexity index is 696. The largest absolute Gasteiger partial charge is 0.451 e. The van der Waals surface area contributed by atoms with Gasteiger partial charge in [-0.2, -0.15) is 0 Å². The number of pyridine rings is 1. The Morgan fingerprint density at radius 2 is 1.91 bits per heavy atom. The van der Waals surface area contributed by atoms with Crippen LogP contribution in [-0.2, 0) is 0 Å². The van der Waals surface area contributed by atoms with Crippen LogP contribution in [0.5, 0.6) is 0 Å². The van der Waals surface area contributed by atoms with Crippen molar-refractivity contribution >= 4 is 23.7 Å². The molecule has 0 bridgehead atoms. The Balaban J connectivity index is 1.82. The molecule has 116 valence electrons. The van der Waals surface area contributed by atoms with Crippen molar-refractivity contribution in [2.24, 2.45) is 5.41 Å². The molecule has 0 unspecified atom stereocenters. The van der Waals surface area contributed by atoms with Crippen LogP contribution in [0.2, 0.25) is 6.32 Å². The molecule has 1 saturated heterocycles. The van der Waals surface area contributed by atoms with E-state index < -0.39 is 7.12 Å². The van der Waals surface area contributed by atoms with Crippen molar-refractivity contribution in [3.8, 4) is 0 Å². The quantitative estimate of drug-likeness (QED) is 0.852. The van der Waals surface area contributed by atoms with Crippen molar-refractivity contribution < 1.29 is 10.0 Å². The molecule has 2 N–H and O–H groups in total. The Kier molecular flexibility index (Phi) is 3.87. The highest BCUT2D eigenvalue weighted by Gasteiger charge is 2.39. The van der Waals surface area contributed by atoms with E-state index in [0.717, 1.165) is 25.0 Å². The van der Waals surface area contributed by atoms with Crippen molar-refractivity contribution in [3.63, 3.8) is 0 Å². The number of nitrogens with zero attached hydrogens (tertiary/aromatic N) is 2. The minimum Gasteiger partial charge on any atom is -0.427 e. The summed E-state index contributed by atoms with van der Waals surface area (Å²) in [6.45, 7) is 8.36. The smallest absolute Gasteiger partial charge is 0.427 e. The summed E-state index contributed by atoms with van der Waals surface area (Å²) in [6.07, 6.45) is 3.15. The van der Waals surface area contributed by atoms with Crippen LogP contribution in [0, 0.1) is 19.3 Å². The summed E-state index contributed by atoms with van der Waals surface area (Å²) in [6, 6.07) is 6.45. The highest BCUT2D eigenvalue weighted by Crippen LogP contribution is 2.40. The Morgan fingerprint density at radius 3 is 2.59 bits per heavy atom. The average molecular weight is 298 g/mol. The molecule has 2 aromatic rings. The molecule has 1 fully saturated rings. The molecule has 0 saturated carbocycles. The van der Waals surface area contributed by atoms with Crippen LogP contribution in [0.4, 0.5) is 5.69 Å². The topological polar surface area (TPSA) is 56.6 Å². The lowest BCUT2D eigenvalue weighted by Crippen LogP contribution is -2.55. The van der Waals surface area contributed by atoms with Crippen molar-refractivity contribution in [1.29, 1.82) is 0 Å². The number of fused-ring (bicyclic) bond motifs is 1. The average Bonchev–Trinajstić information content (AvgIpc) is 2.43. The molecule has 5 heteroatoms. The monoisotopic (exact) mass is 298 g/mol. The maximum Gasteiger partial charge on any atom is 0.451 e. The van der Waals surface area contributed by atoms with Gasteiger partial charge in [-0.15, -0.1) is 0 Å². The van der Waals surface area contributed by atoms with Gasteiger partial charge >= 0.3 is 7.12 Å². The van der Waals surface area contributed by atoms with Crippen LogP contribution in [0.25, 0.3) is 10.9 Å². The van der Waals surface area contributed by atoms with E-state index in [1.165, 1.54) is 22.2 Å². The third kappa shape index (κ3) is 2.83. The number of hydrogen-bond donors (Lipinski definition) is 2. The molecule has 0 atom stereocenters. The van der Waals surface area contributed by atoms with Gasteiger partial charge in [-0.1, -0.05) is 6.92 Å². The third-order valence-electron chi connectivity index (χ3n) is 4.83. The second-order valence-electron chi connectivity index (χ2n) is 6.97. The summed E-state index contributed by atoms with van der Waals surface area (Å²) >= 11 is 0. The van der Waals surface area contributed by atoms with Gasteiger partial charge in [0.25, 0.3) is 0 Å². The molecule has 0 amide bonds. The molecule has 2 heterocycles. The van der Waals surface area contributed by atoms with Crippen molar-refractivity contribution in [2.45, 2.75) is 33.5 Å². The van der Waals surface area contributed by atoms with Crippen LogP contribution in [0.1, 0.15) is 24.5 Å². The summed E-state index contributed by atoms with van der Waals surface area (Å²) < 4.78 is 0. The second kappa shape index (κ2) is 5.56. The summed E-state index contributed by atoms with van der Waals surface area (Å²) in [5.74, 6) is 0. The Labute approximate surface area is 131 Å². The molecule has 4 nitrogen and oxygen atoms in total. The van der Waals surface area contributed by atoms with E-state index in [4.69, 9.17) is 10.0 Å². The van der Waals surface area contributed by atoms with Crippen LogP contribution in [0.15, 0.2) is 24.4 Å². The van der Waals surface area contributed by atoms with E-state index in [1.807, 2.05) is 6.20 Å². The normalized spacial score (nSPS) is 16.7. The van der Waals surface area contributed by atoms with Gasteiger partial charge in [0, 0.05) is 35.8 Å². The minimum atomic E-state index is -1.20. The lowest BCUT2D eigenvalue weighted by molar-refractivity contribution is 0.227. The van der Waals surface area contributed by atoms with E-state index in [0.29, 0.717) is 6.32 Å². The number of anilines is 1. The first-order valence-electron chi connectivity index (χ1n) is 7.85. The SMILES string of the molecule is Cc1cc2nccc(N3CC(C)(CCB(O)O)C3)c2cc1C. The lowest BCUT2D eigenvalue weighted by atomic mass is 9.70. The number of aryl methyl sites for hydroxylation is 2. The number of aromatic nitrogens is 1. The molecule has 0 spiro atoms. The summed E-state index contributed by atoms with van der Waals surface area (Å²) in [5, 5.41) is 19.3. The molecular weight excluding hydrogens is 275 g/mol. The van der Waals surface area contributed by atoms with Crippen LogP contribution >= 0.6 is 0 Å². The molecule has 0 aliphatic carbocycles. The lowest BCUT2D eigenvalue weighted by Gasteiger charge is -2.50. The van der Waals surface area contributed by atoms with Crippen molar-refractivity contribution in [3.05, 3.63) is 35.5 Å². The third-order valence-corrected chi connectivity index (χ3v) is 4.83. The van der Waals surface area contributed by atoms with Gasteiger partial charge in [0.1, 0.15) is 0 Å². The maximum atomic E-state index is 9.05. The summed E-state index contributed by atoms with van der Waals surface area (Å²) in [4.78, 5) is 6.85. The number of rotatable bonds is 4. The summed E-state index contributed by atoms with van der Waals surface area (Å²) in [7, 11) is -1.20. The van der Waals surface area contributed by atoms with E-state index in [2.05, 4.69) is 48.9 Å². The van der Waals surface area contributed by atoms with Crippen LogP contribution < -0.4 is 4.90 Å². The van der Waals surface area contributed by atoms with E-state index >= 15 is 0 Å². The zero-order chi connectivity index (χ0) is 15.9. The molecular formula is C17H23BN2O2. The van der Waals surface area contributed by atoms with Crippen LogP contribution in [-0.4, -0.2) is 35.2 Å². The first-order chi connectivity index (χ1) is 10.4. The van der Waals surface area contributed by atoms with Gasteiger partial charge in [-0.05, 0) is 55.9 Å². The molecule has 0 radical (unpaired) electrons. The fraction of sp³-hybridized carbons (Fsp3) is 0.471. The fourth-order valence-corrected chi connectivity index (χ4v) is 3.35. The van der Waals surface area contributed by atoms with Gasteiger partial charge in [-0.25, -0.2) is 0 Å². The molecule has 1 aliphatic heterocycles. The Hall–Kier alpha value is -1.59. The van der Waals surface area contributed by atoms with Crippen LogP contribution in [0.3, 0.4) is 0 Å². The zero-order valence-electron chi connectivity index (χ0n) is 13.5. The predicted octanol–water partition coefficient (Wildman–Crippen LogP) is 2.54. The highest BCUT2D eigenvalue weighted by atomic mass is 16.4. The van der Waals surface area contributed by atoms with Crippen molar-refractivity contribution in [1.82, 2.24) is 4.98 Å². The molecule has 1 aromatic carbocycles. The standard InChI is InChI=1S/C17H23BN2O2/c1-12-8-14-15(9-13(12)2)19-7-4-16(14)20-10-17(3,11-20)5-6-18(21)22/h4,7-9,21-22H,5-6,10-11H2,1-3H3. The number of benzene rings is 1. The minimum absolute atomic E-state index is 0.166. The molecule has 3 rings (SSSR count). The van der Waals surface area contributed by atoms with Gasteiger partial charge in [0.15, 0.2) is 0 Å². The molecule has 22 heavy (non-hydrogen) atoms. The van der Waals surface area contributed by atoms with E-state index in [9.17, 15) is 0 Å². The second-order valence-corrected chi connectivity index (χ2v) is 6.97. The fourth-order valence-electron chi connectivity index (χ4n) is 3.35. The van der Waals surface area contributed by atoms with Gasteiger partial charge in [0.05, 0.1) is 5.52 Å². The van der Waals surface area contributed by atoms with Gasteiger partial charge < -0.3 is 14.9 Å². The maximum absolute atomic E-state index is 9.05. The van der Waals surface area contributed by atoms with E-state index in [-0.39, 0.29) is 5.41 Å². The van der Waals surface area contributed by atoms with Gasteiger partial charge in [-0.3, -0.25) is 4.98 Å².